The van der Waals surface area contributed by atoms with E-state index in [0.29, 0.717) is 38.1 Å². The van der Waals surface area contributed by atoms with Gasteiger partial charge in [-0.25, -0.2) is 8.42 Å². The summed E-state index contributed by atoms with van der Waals surface area (Å²) in [6.45, 7) is 3.77. The van der Waals surface area contributed by atoms with Crippen LogP contribution in [0.5, 0.6) is 0 Å². The van der Waals surface area contributed by atoms with E-state index in [1.807, 2.05) is 25.1 Å². The van der Waals surface area contributed by atoms with Crippen molar-refractivity contribution in [1.82, 2.24) is 4.90 Å². The quantitative estimate of drug-likeness (QED) is 0.607. The average Bonchev–Trinajstić information content (AvgIpc) is 2.79. The molecule has 2 atom stereocenters. The maximum absolute atomic E-state index is 13.1. The van der Waals surface area contributed by atoms with Crippen molar-refractivity contribution in [2.45, 2.75) is 55.3 Å². The second kappa shape index (κ2) is 9.74. The fourth-order valence-electron chi connectivity index (χ4n) is 4.88. The Labute approximate surface area is 200 Å². The number of amides is 1. The molecule has 0 aliphatic carbocycles. The molecule has 2 aliphatic rings. The van der Waals surface area contributed by atoms with E-state index in [1.165, 1.54) is 18.2 Å². The maximum atomic E-state index is 13.1. The molecule has 6 nitrogen and oxygen atoms in total. The lowest BCUT2D eigenvalue weighted by Gasteiger charge is -2.48. The minimum Gasteiger partial charge on any atom is -0.378 e. The lowest BCUT2D eigenvalue weighted by atomic mass is 9.80. The van der Waals surface area contributed by atoms with Crippen LogP contribution in [0.2, 0.25) is 5.02 Å². The van der Waals surface area contributed by atoms with Crippen LogP contribution >= 0.6 is 11.6 Å². The van der Waals surface area contributed by atoms with E-state index in [1.54, 1.807) is 4.90 Å². The first-order valence-electron chi connectivity index (χ1n) is 11.3. The van der Waals surface area contributed by atoms with Crippen molar-refractivity contribution in [1.29, 1.82) is 0 Å². The highest BCUT2D eigenvalue weighted by atomic mass is 35.5. The number of hydrogen-bond donors (Lipinski definition) is 0. The van der Waals surface area contributed by atoms with E-state index in [2.05, 4.69) is 12.1 Å². The van der Waals surface area contributed by atoms with Gasteiger partial charge in [-0.2, -0.15) is 0 Å². The van der Waals surface area contributed by atoms with Gasteiger partial charge in [-0.15, -0.1) is 0 Å². The molecule has 0 N–H and O–H groups in total. The summed E-state index contributed by atoms with van der Waals surface area (Å²) in [5, 5.41) is 0.151. The predicted octanol–water partition coefficient (Wildman–Crippen LogP) is 4.68. The second-order valence-corrected chi connectivity index (χ2v) is 11.3. The molecule has 0 radical (unpaired) electrons. The number of likely N-dealkylation sites (tertiary alicyclic amines) is 1. The predicted molar refractivity (Wildman–Crippen MR) is 127 cm³/mol. The van der Waals surface area contributed by atoms with Gasteiger partial charge in [0, 0.05) is 38.8 Å². The molecule has 8 heteroatoms. The fraction of sp³-hybridized carbons (Fsp3) is 0.480. The summed E-state index contributed by atoms with van der Waals surface area (Å²) in [6.07, 6.45) is 4.27. The number of rotatable bonds is 5. The molecule has 2 heterocycles. The molecule has 0 saturated carbocycles. The van der Waals surface area contributed by atoms with Crippen LogP contribution in [-0.4, -0.2) is 56.9 Å². The van der Waals surface area contributed by atoms with Crippen molar-refractivity contribution in [3.63, 3.8) is 0 Å². The van der Waals surface area contributed by atoms with Gasteiger partial charge < -0.3 is 14.4 Å². The normalized spacial score (nSPS) is 22.9. The molecule has 0 bridgehead atoms. The first kappa shape index (κ1) is 24.2. The van der Waals surface area contributed by atoms with Gasteiger partial charge in [-0.3, -0.25) is 4.79 Å². The summed E-state index contributed by atoms with van der Waals surface area (Å²) in [6, 6.07) is 14.5. The Bertz CT molecular complexity index is 1100. The van der Waals surface area contributed by atoms with Crippen molar-refractivity contribution < 1.29 is 22.7 Å². The third-order valence-electron chi connectivity index (χ3n) is 6.60. The molecular weight excluding hydrogens is 462 g/mol. The first-order valence-corrected chi connectivity index (χ1v) is 13.6. The van der Waals surface area contributed by atoms with Crippen LogP contribution in [0.3, 0.4) is 0 Å². The highest BCUT2D eigenvalue weighted by Crippen LogP contribution is 2.44. The Balaban J connectivity index is 1.48. The number of halogens is 1. The number of piperidine rings is 1. The van der Waals surface area contributed by atoms with Crippen LogP contribution in [0.4, 0.5) is 0 Å². The summed E-state index contributed by atoms with van der Waals surface area (Å²) in [5.41, 5.74) is 1.13. The number of benzene rings is 2. The summed E-state index contributed by atoms with van der Waals surface area (Å²) < 4.78 is 36.2. The Morgan fingerprint density at radius 3 is 2.48 bits per heavy atom. The molecule has 2 aromatic rings. The van der Waals surface area contributed by atoms with Gasteiger partial charge in [0.15, 0.2) is 9.84 Å². The van der Waals surface area contributed by atoms with Gasteiger partial charge in [0.05, 0.1) is 33.3 Å². The van der Waals surface area contributed by atoms with Gasteiger partial charge in [0.1, 0.15) is 0 Å². The van der Waals surface area contributed by atoms with Crippen molar-refractivity contribution in [2.24, 2.45) is 0 Å². The zero-order valence-corrected chi connectivity index (χ0v) is 20.6. The molecular formula is C25H30ClNO5S. The number of carbonyl (C=O) groups excluding carboxylic acids is 1. The van der Waals surface area contributed by atoms with E-state index in [0.717, 1.165) is 24.7 Å². The Kier molecular flexibility index (Phi) is 7.15. The molecule has 178 valence electrons. The van der Waals surface area contributed by atoms with E-state index in [-0.39, 0.29) is 33.6 Å². The number of hydrogen-bond acceptors (Lipinski definition) is 5. The summed E-state index contributed by atoms with van der Waals surface area (Å²) in [5.74, 6) is -0.188. The average molecular weight is 492 g/mol. The summed E-state index contributed by atoms with van der Waals surface area (Å²) in [7, 11) is -3.39. The standard InChI is InChI=1S/C25H30ClNO5S/c1-3-31-19-15-23(18-7-5-4-6-8-18)32-25(17-19)11-13-27(14-12-25)24(28)21-10-9-20(16-22(21)26)33(2,29)30/h4-10,16,19,23H,3,11-15,17H2,1-2H3/t19-,23-/m0/s1. The minimum atomic E-state index is -3.39. The smallest absolute Gasteiger partial charge is 0.255 e. The Morgan fingerprint density at radius 2 is 1.88 bits per heavy atom. The number of nitrogens with zero attached hydrogens (tertiary/aromatic N) is 1. The molecule has 1 amide bonds. The number of sulfone groups is 1. The van der Waals surface area contributed by atoms with Gasteiger partial charge in [-0.05, 0) is 43.5 Å². The fourth-order valence-corrected chi connectivity index (χ4v) is 5.85. The van der Waals surface area contributed by atoms with Crippen LogP contribution in [0, 0.1) is 0 Å². The molecule has 2 aliphatic heterocycles. The molecule has 2 aromatic carbocycles. The van der Waals surface area contributed by atoms with Crippen molar-refractivity contribution in [3.8, 4) is 0 Å². The van der Waals surface area contributed by atoms with Crippen LogP contribution in [-0.2, 0) is 19.3 Å². The van der Waals surface area contributed by atoms with Crippen molar-refractivity contribution in [3.05, 3.63) is 64.7 Å². The maximum Gasteiger partial charge on any atom is 0.255 e. The minimum absolute atomic E-state index is 0.0308. The Hall–Kier alpha value is -1.93. The monoisotopic (exact) mass is 491 g/mol. The summed E-state index contributed by atoms with van der Waals surface area (Å²) >= 11 is 6.28. The van der Waals surface area contributed by atoms with E-state index >= 15 is 0 Å². The lowest BCUT2D eigenvalue weighted by Crippen LogP contribution is -2.52. The molecule has 1 spiro atoms. The third-order valence-corrected chi connectivity index (χ3v) is 8.03. The van der Waals surface area contributed by atoms with E-state index < -0.39 is 9.84 Å². The molecule has 4 rings (SSSR count). The molecule has 0 aromatic heterocycles. The molecule has 2 saturated heterocycles. The van der Waals surface area contributed by atoms with Crippen molar-refractivity contribution in [2.75, 3.05) is 26.0 Å². The Morgan fingerprint density at radius 1 is 1.18 bits per heavy atom. The van der Waals surface area contributed by atoms with Gasteiger partial charge >= 0.3 is 0 Å². The second-order valence-electron chi connectivity index (χ2n) is 8.92. The number of carbonyl (C=O) groups is 1. The van der Waals surface area contributed by atoms with E-state index in [9.17, 15) is 13.2 Å². The summed E-state index contributed by atoms with van der Waals surface area (Å²) in [4.78, 5) is 15.0. The largest absolute Gasteiger partial charge is 0.378 e. The first-order chi connectivity index (χ1) is 15.7. The van der Waals surface area contributed by atoms with Crippen LogP contribution < -0.4 is 0 Å². The third kappa shape index (κ3) is 5.43. The highest BCUT2D eigenvalue weighted by molar-refractivity contribution is 7.90. The zero-order valence-electron chi connectivity index (χ0n) is 19.0. The van der Waals surface area contributed by atoms with Crippen LogP contribution in [0.1, 0.15) is 54.6 Å². The van der Waals surface area contributed by atoms with Crippen LogP contribution in [0.25, 0.3) is 0 Å². The molecule has 0 unspecified atom stereocenters. The lowest BCUT2D eigenvalue weighted by molar-refractivity contribution is -0.190. The van der Waals surface area contributed by atoms with E-state index in [4.69, 9.17) is 21.1 Å². The number of ether oxygens (including phenoxy) is 2. The highest BCUT2D eigenvalue weighted by Gasteiger charge is 2.45. The van der Waals surface area contributed by atoms with Crippen LogP contribution in [0.15, 0.2) is 53.4 Å². The topological polar surface area (TPSA) is 72.9 Å². The molecule has 2 fully saturated rings. The zero-order chi connectivity index (χ0) is 23.6. The van der Waals surface area contributed by atoms with Gasteiger partial charge in [0.2, 0.25) is 0 Å². The molecule has 33 heavy (non-hydrogen) atoms. The van der Waals surface area contributed by atoms with Gasteiger partial charge in [0.25, 0.3) is 5.91 Å². The van der Waals surface area contributed by atoms with Crippen molar-refractivity contribution >= 4 is 27.3 Å². The van der Waals surface area contributed by atoms with Gasteiger partial charge in [-0.1, -0.05) is 41.9 Å². The SMILES string of the molecule is CCO[C@H]1C[C@@H](c2ccccc2)OC2(CCN(C(=O)c3ccc(S(C)(=O)=O)cc3Cl)CC2)C1.